The Morgan fingerprint density at radius 1 is 1.37 bits per heavy atom. The van der Waals surface area contributed by atoms with Crippen LogP contribution >= 0.6 is 23.2 Å². The zero-order valence-corrected chi connectivity index (χ0v) is 12.2. The molecule has 0 aliphatic rings. The molecule has 0 atom stereocenters. The fourth-order valence-corrected chi connectivity index (χ4v) is 2.03. The van der Waals surface area contributed by atoms with Crippen LogP contribution in [-0.4, -0.2) is 55.7 Å². The number of hydrogen-bond acceptors (Lipinski definition) is 4. The minimum Gasteiger partial charge on any atom is -0.395 e. The molecule has 0 aromatic heterocycles. The molecule has 0 saturated heterocycles. The number of benzene rings is 1. The largest absolute Gasteiger partial charge is 0.395 e. The lowest BCUT2D eigenvalue weighted by molar-refractivity contribution is 0.0869. The molecule has 0 spiro atoms. The van der Waals surface area contributed by atoms with E-state index in [1.54, 1.807) is 25.3 Å². The number of carbonyl (C=O) groups is 1. The summed E-state index contributed by atoms with van der Waals surface area (Å²) in [6.07, 6.45) is 0. The second-order valence-electron chi connectivity index (χ2n) is 4.04. The maximum atomic E-state index is 12.2. The van der Waals surface area contributed by atoms with Crippen molar-refractivity contribution in [2.45, 2.75) is 0 Å². The molecule has 19 heavy (non-hydrogen) atoms. The van der Waals surface area contributed by atoms with Crippen LogP contribution in [0.1, 0.15) is 10.4 Å². The number of ether oxygens (including phenoxy) is 1. The summed E-state index contributed by atoms with van der Waals surface area (Å²) in [6.45, 7) is 1.63. The lowest BCUT2D eigenvalue weighted by Gasteiger charge is -2.20. The standard InChI is InChI=1S/C13H17Cl2NO3/c1-19-7-5-16(4-6-17)9-13(18)11-8-10(14)2-3-12(11)15/h2-3,8,17H,4-7,9H2,1H3. The van der Waals surface area contributed by atoms with E-state index in [4.69, 9.17) is 33.0 Å². The van der Waals surface area contributed by atoms with Gasteiger partial charge in [0.2, 0.25) is 0 Å². The number of aliphatic hydroxyl groups excluding tert-OH is 1. The number of aliphatic hydroxyl groups is 1. The first-order valence-electron chi connectivity index (χ1n) is 5.89. The molecule has 0 bridgehead atoms. The van der Waals surface area contributed by atoms with Gasteiger partial charge in [-0.15, -0.1) is 0 Å². The predicted molar refractivity (Wildman–Crippen MR) is 76.2 cm³/mol. The normalized spacial score (nSPS) is 11.0. The maximum Gasteiger partial charge on any atom is 0.178 e. The number of methoxy groups -OCH3 is 1. The summed E-state index contributed by atoms with van der Waals surface area (Å²) in [5.41, 5.74) is 0.398. The second-order valence-corrected chi connectivity index (χ2v) is 4.88. The summed E-state index contributed by atoms with van der Waals surface area (Å²) >= 11 is 11.8. The van der Waals surface area contributed by atoms with E-state index >= 15 is 0 Å². The highest BCUT2D eigenvalue weighted by Crippen LogP contribution is 2.21. The lowest BCUT2D eigenvalue weighted by Crippen LogP contribution is -2.35. The number of halogens is 2. The van der Waals surface area contributed by atoms with Crippen molar-refractivity contribution in [1.29, 1.82) is 0 Å². The smallest absolute Gasteiger partial charge is 0.178 e. The number of hydrogen-bond donors (Lipinski definition) is 1. The van der Waals surface area contributed by atoms with Crippen molar-refractivity contribution < 1.29 is 14.6 Å². The fraction of sp³-hybridized carbons (Fsp3) is 0.462. The van der Waals surface area contributed by atoms with Gasteiger partial charge < -0.3 is 9.84 Å². The Balaban J connectivity index is 2.72. The lowest BCUT2D eigenvalue weighted by atomic mass is 10.1. The zero-order valence-electron chi connectivity index (χ0n) is 10.7. The third-order valence-corrected chi connectivity index (χ3v) is 3.19. The number of carbonyl (C=O) groups excluding carboxylic acids is 1. The van der Waals surface area contributed by atoms with Gasteiger partial charge in [0.05, 0.1) is 24.8 Å². The minimum absolute atomic E-state index is 0.0136. The SMILES string of the molecule is COCCN(CCO)CC(=O)c1cc(Cl)ccc1Cl. The first-order chi connectivity index (χ1) is 9.08. The Bertz CT molecular complexity index is 426. The summed E-state index contributed by atoms with van der Waals surface area (Å²) < 4.78 is 4.97. The molecular formula is C13H17Cl2NO3. The molecule has 1 aromatic carbocycles. The van der Waals surface area contributed by atoms with E-state index in [0.717, 1.165) is 0 Å². The predicted octanol–water partition coefficient (Wildman–Crippen LogP) is 2.12. The molecule has 0 fully saturated rings. The monoisotopic (exact) mass is 305 g/mol. The maximum absolute atomic E-state index is 12.2. The highest BCUT2D eigenvalue weighted by atomic mass is 35.5. The summed E-state index contributed by atoms with van der Waals surface area (Å²) in [5.74, 6) is -0.128. The Morgan fingerprint density at radius 2 is 2.11 bits per heavy atom. The Morgan fingerprint density at radius 3 is 2.74 bits per heavy atom. The second kappa shape index (κ2) is 8.51. The Hall–Kier alpha value is -0.650. The van der Waals surface area contributed by atoms with Crippen LogP contribution in [0.5, 0.6) is 0 Å². The Labute approximate surface area is 122 Å². The third-order valence-electron chi connectivity index (χ3n) is 2.62. The van der Waals surface area contributed by atoms with Crippen LogP contribution in [0.25, 0.3) is 0 Å². The van der Waals surface area contributed by atoms with E-state index in [1.807, 2.05) is 4.90 Å². The minimum atomic E-state index is -0.128. The zero-order chi connectivity index (χ0) is 14.3. The van der Waals surface area contributed by atoms with Gasteiger partial charge in [-0.2, -0.15) is 0 Å². The van der Waals surface area contributed by atoms with Gasteiger partial charge in [0, 0.05) is 30.8 Å². The fourth-order valence-electron chi connectivity index (χ4n) is 1.63. The highest BCUT2D eigenvalue weighted by molar-refractivity contribution is 6.36. The van der Waals surface area contributed by atoms with Crippen LogP contribution < -0.4 is 0 Å². The van der Waals surface area contributed by atoms with E-state index in [2.05, 4.69) is 0 Å². The van der Waals surface area contributed by atoms with E-state index in [1.165, 1.54) is 0 Å². The van der Waals surface area contributed by atoms with Crippen molar-refractivity contribution in [2.75, 3.05) is 40.0 Å². The van der Waals surface area contributed by atoms with E-state index in [9.17, 15) is 4.79 Å². The molecule has 0 heterocycles. The van der Waals surface area contributed by atoms with Crippen molar-refractivity contribution >= 4 is 29.0 Å². The molecule has 0 radical (unpaired) electrons. The third kappa shape index (κ3) is 5.47. The Kier molecular flexibility index (Phi) is 7.34. The molecule has 6 heteroatoms. The van der Waals surface area contributed by atoms with Crippen molar-refractivity contribution in [3.05, 3.63) is 33.8 Å². The van der Waals surface area contributed by atoms with Crippen LogP contribution in [0.15, 0.2) is 18.2 Å². The van der Waals surface area contributed by atoms with Crippen molar-refractivity contribution in [3.63, 3.8) is 0 Å². The van der Waals surface area contributed by atoms with Crippen molar-refractivity contribution in [1.82, 2.24) is 4.90 Å². The summed E-state index contributed by atoms with van der Waals surface area (Å²) in [4.78, 5) is 14.0. The first-order valence-corrected chi connectivity index (χ1v) is 6.64. The molecule has 0 saturated carbocycles. The molecular weight excluding hydrogens is 289 g/mol. The van der Waals surface area contributed by atoms with Gasteiger partial charge >= 0.3 is 0 Å². The number of nitrogens with zero attached hydrogens (tertiary/aromatic N) is 1. The molecule has 0 aliphatic heterocycles. The van der Waals surface area contributed by atoms with Crippen LogP contribution in [0.4, 0.5) is 0 Å². The molecule has 4 nitrogen and oxygen atoms in total. The summed E-state index contributed by atoms with van der Waals surface area (Å²) in [5, 5.41) is 9.83. The highest BCUT2D eigenvalue weighted by Gasteiger charge is 2.15. The molecule has 1 aromatic rings. The van der Waals surface area contributed by atoms with Crippen LogP contribution in [-0.2, 0) is 4.74 Å². The van der Waals surface area contributed by atoms with Gasteiger partial charge in [0.15, 0.2) is 5.78 Å². The van der Waals surface area contributed by atoms with Gasteiger partial charge in [-0.1, -0.05) is 23.2 Å². The van der Waals surface area contributed by atoms with Gasteiger partial charge in [-0.25, -0.2) is 0 Å². The molecule has 0 amide bonds. The topological polar surface area (TPSA) is 49.8 Å². The summed E-state index contributed by atoms with van der Waals surface area (Å²) in [7, 11) is 1.59. The average Bonchev–Trinajstić information content (AvgIpc) is 2.39. The average molecular weight is 306 g/mol. The van der Waals surface area contributed by atoms with E-state index in [0.29, 0.717) is 35.3 Å². The van der Waals surface area contributed by atoms with E-state index < -0.39 is 0 Å². The molecule has 106 valence electrons. The molecule has 0 unspecified atom stereocenters. The number of rotatable bonds is 8. The van der Waals surface area contributed by atoms with Gasteiger partial charge in [-0.3, -0.25) is 9.69 Å². The van der Waals surface area contributed by atoms with Crippen molar-refractivity contribution in [2.24, 2.45) is 0 Å². The van der Waals surface area contributed by atoms with Gasteiger partial charge in [0.25, 0.3) is 0 Å². The van der Waals surface area contributed by atoms with Gasteiger partial charge in [-0.05, 0) is 18.2 Å². The van der Waals surface area contributed by atoms with Crippen LogP contribution in [0, 0.1) is 0 Å². The number of Topliss-reactive ketones (excluding diaryl/α,β-unsaturated/α-hetero) is 1. The number of ketones is 1. The van der Waals surface area contributed by atoms with Crippen LogP contribution in [0.2, 0.25) is 10.0 Å². The summed E-state index contributed by atoms with van der Waals surface area (Å²) in [6, 6.07) is 4.79. The molecule has 0 aliphatic carbocycles. The van der Waals surface area contributed by atoms with Gasteiger partial charge in [0.1, 0.15) is 0 Å². The molecule has 1 N–H and O–H groups in total. The molecule has 1 rings (SSSR count). The van der Waals surface area contributed by atoms with Crippen LogP contribution in [0.3, 0.4) is 0 Å². The first kappa shape index (κ1) is 16.4. The quantitative estimate of drug-likeness (QED) is 0.748. The van der Waals surface area contributed by atoms with Crippen molar-refractivity contribution in [3.8, 4) is 0 Å². The van der Waals surface area contributed by atoms with E-state index in [-0.39, 0.29) is 18.9 Å².